The van der Waals surface area contributed by atoms with Crippen molar-refractivity contribution in [3.8, 4) is 0 Å². The maximum atomic E-state index is 9.00. The lowest BCUT2D eigenvalue weighted by molar-refractivity contribution is -0.103. The molecule has 6 heteroatoms. The summed E-state index contributed by atoms with van der Waals surface area (Å²) >= 11 is 0. The number of rotatable bonds is 2. The molecular weight excluding hydrogens is 196 g/mol. The molecule has 92 valence electrons. The summed E-state index contributed by atoms with van der Waals surface area (Å²) in [5, 5.41) is 0. The Labute approximate surface area is 91.6 Å². The Kier molecular flexibility index (Phi) is 7.29. The molecule has 0 saturated carbocycles. The van der Waals surface area contributed by atoms with Gasteiger partial charge in [-0.25, -0.2) is 9.73 Å². The van der Waals surface area contributed by atoms with Gasteiger partial charge in [0.15, 0.2) is 0 Å². The highest BCUT2D eigenvalue weighted by Crippen LogP contribution is 2.00. The molecular formula is C9H24N4O2. The minimum atomic E-state index is -0.833. The SMILES string of the molecule is CC(C)(C)NONC(C)(C)C.NC(N)=O. The van der Waals surface area contributed by atoms with Crippen LogP contribution in [0.3, 0.4) is 0 Å². The lowest BCUT2D eigenvalue weighted by atomic mass is 10.1. The number of primary amides is 2. The fourth-order valence-electron chi connectivity index (χ4n) is 0.332. The Bertz CT molecular complexity index is 164. The van der Waals surface area contributed by atoms with E-state index in [-0.39, 0.29) is 11.1 Å². The largest absolute Gasteiger partial charge is 0.352 e. The van der Waals surface area contributed by atoms with Crippen LogP contribution >= 0.6 is 0 Å². The standard InChI is InChI=1S/C8H20N2O.CH4N2O/c1-7(2,3)9-11-10-8(4,5)6;2-1(3)4/h9-10H,1-6H3;(H4,2,3,4). The highest BCUT2D eigenvalue weighted by atomic mass is 16.8. The Morgan fingerprint density at radius 1 is 0.933 bits per heavy atom. The molecule has 0 spiro atoms. The lowest BCUT2D eigenvalue weighted by Crippen LogP contribution is -2.46. The van der Waals surface area contributed by atoms with Crippen LogP contribution in [0.1, 0.15) is 41.5 Å². The van der Waals surface area contributed by atoms with Gasteiger partial charge in [0.1, 0.15) is 0 Å². The molecule has 0 atom stereocenters. The van der Waals surface area contributed by atoms with Crippen molar-refractivity contribution in [2.24, 2.45) is 11.5 Å². The van der Waals surface area contributed by atoms with E-state index >= 15 is 0 Å². The van der Waals surface area contributed by atoms with Gasteiger partial charge in [-0.3, -0.25) is 0 Å². The van der Waals surface area contributed by atoms with Crippen LogP contribution in [0.5, 0.6) is 0 Å². The molecule has 0 aliphatic rings. The van der Waals surface area contributed by atoms with E-state index in [0.717, 1.165) is 0 Å². The van der Waals surface area contributed by atoms with Crippen LogP contribution in [0.2, 0.25) is 0 Å². The second kappa shape index (κ2) is 6.60. The van der Waals surface area contributed by atoms with E-state index in [1.807, 2.05) is 41.5 Å². The monoisotopic (exact) mass is 220 g/mol. The minimum absolute atomic E-state index is 0.0156. The average molecular weight is 220 g/mol. The zero-order chi connectivity index (χ0) is 12.7. The number of carbonyl (C=O) groups excluding carboxylic acids is 1. The first-order valence-electron chi connectivity index (χ1n) is 4.69. The molecule has 0 aromatic heterocycles. The van der Waals surface area contributed by atoms with Gasteiger partial charge in [0.05, 0.1) is 0 Å². The molecule has 0 fully saturated rings. The highest BCUT2D eigenvalue weighted by Gasteiger charge is 2.13. The van der Waals surface area contributed by atoms with Gasteiger partial charge in [-0.2, -0.15) is 11.0 Å². The number of urea groups is 1. The molecule has 6 N–H and O–H groups in total. The van der Waals surface area contributed by atoms with Crippen molar-refractivity contribution in [1.82, 2.24) is 11.0 Å². The van der Waals surface area contributed by atoms with E-state index in [2.05, 4.69) is 22.4 Å². The third-order valence-electron chi connectivity index (χ3n) is 0.714. The van der Waals surface area contributed by atoms with Crippen molar-refractivity contribution in [1.29, 1.82) is 0 Å². The molecule has 15 heavy (non-hydrogen) atoms. The van der Waals surface area contributed by atoms with Gasteiger partial charge in [0.2, 0.25) is 0 Å². The van der Waals surface area contributed by atoms with Gasteiger partial charge < -0.3 is 11.5 Å². The molecule has 0 bridgehead atoms. The van der Waals surface area contributed by atoms with Crippen LogP contribution in [-0.2, 0) is 4.94 Å². The van der Waals surface area contributed by atoms with Gasteiger partial charge in [-0.05, 0) is 41.5 Å². The number of hydrogen-bond acceptors (Lipinski definition) is 4. The predicted octanol–water partition coefficient (Wildman–Crippen LogP) is 0.633. The number of amides is 2. The summed E-state index contributed by atoms with van der Waals surface area (Å²) in [4.78, 5) is 14.1. The second-order valence-electron chi connectivity index (χ2n) is 5.21. The normalized spacial score (nSPS) is 11.6. The Morgan fingerprint density at radius 3 is 1.27 bits per heavy atom. The van der Waals surface area contributed by atoms with E-state index in [1.54, 1.807) is 0 Å². The van der Waals surface area contributed by atoms with Gasteiger partial charge in [-0.1, -0.05) is 0 Å². The van der Waals surface area contributed by atoms with E-state index in [1.165, 1.54) is 0 Å². The molecule has 0 aromatic carbocycles. The van der Waals surface area contributed by atoms with Gasteiger partial charge in [0.25, 0.3) is 0 Å². The molecule has 0 aliphatic heterocycles. The van der Waals surface area contributed by atoms with Crippen molar-refractivity contribution in [2.75, 3.05) is 0 Å². The summed E-state index contributed by atoms with van der Waals surface area (Å²) in [7, 11) is 0. The zero-order valence-corrected chi connectivity index (χ0v) is 10.5. The number of carbonyl (C=O) groups is 1. The second-order valence-corrected chi connectivity index (χ2v) is 5.21. The molecule has 0 saturated heterocycles. The zero-order valence-electron chi connectivity index (χ0n) is 10.5. The van der Waals surface area contributed by atoms with E-state index in [0.29, 0.717) is 0 Å². The maximum Gasteiger partial charge on any atom is 0.309 e. The molecule has 0 heterocycles. The van der Waals surface area contributed by atoms with Crippen LogP contribution in [0.4, 0.5) is 4.79 Å². The third kappa shape index (κ3) is 32.0. The van der Waals surface area contributed by atoms with E-state index in [9.17, 15) is 0 Å². The summed E-state index contributed by atoms with van der Waals surface area (Å²) < 4.78 is 0. The minimum Gasteiger partial charge on any atom is -0.352 e. The Morgan fingerprint density at radius 2 is 1.13 bits per heavy atom. The predicted molar refractivity (Wildman–Crippen MR) is 60.6 cm³/mol. The smallest absolute Gasteiger partial charge is 0.309 e. The average Bonchev–Trinajstić information content (AvgIpc) is 1.77. The number of nitrogens with one attached hydrogen (secondary N) is 2. The molecule has 6 nitrogen and oxygen atoms in total. The van der Waals surface area contributed by atoms with Crippen molar-refractivity contribution in [3.63, 3.8) is 0 Å². The van der Waals surface area contributed by atoms with Crippen molar-refractivity contribution in [3.05, 3.63) is 0 Å². The Balaban J connectivity index is 0. The molecule has 0 aromatic rings. The number of nitrogens with two attached hydrogens (primary N) is 2. The fraction of sp³-hybridized carbons (Fsp3) is 0.889. The fourth-order valence-corrected chi connectivity index (χ4v) is 0.332. The molecule has 0 unspecified atom stereocenters. The van der Waals surface area contributed by atoms with Crippen molar-refractivity contribution >= 4 is 6.03 Å². The van der Waals surface area contributed by atoms with Crippen molar-refractivity contribution in [2.45, 2.75) is 52.6 Å². The Hall–Kier alpha value is -0.850. The van der Waals surface area contributed by atoms with Gasteiger partial charge in [0, 0.05) is 11.1 Å². The third-order valence-corrected chi connectivity index (χ3v) is 0.714. The molecule has 0 aliphatic carbocycles. The first kappa shape index (κ1) is 16.6. The van der Waals surface area contributed by atoms with Crippen molar-refractivity contribution < 1.29 is 9.73 Å². The summed E-state index contributed by atoms with van der Waals surface area (Å²) in [6, 6.07) is -0.833. The maximum absolute atomic E-state index is 9.00. The van der Waals surface area contributed by atoms with Crippen LogP contribution < -0.4 is 22.4 Å². The molecule has 0 radical (unpaired) electrons. The highest BCUT2D eigenvalue weighted by molar-refractivity contribution is 5.69. The summed E-state index contributed by atoms with van der Waals surface area (Å²) in [5.74, 6) is 0. The number of hydrogen-bond donors (Lipinski definition) is 4. The molecule has 2 amide bonds. The summed E-state index contributed by atoms with van der Waals surface area (Å²) in [6.07, 6.45) is 0. The topological polar surface area (TPSA) is 102 Å². The molecule has 0 rings (SSSR count). The summed E-state index contributed by atoms with van der Waals surface area (Å²) in [5.41, 5.74) is 14.2. The first-order chi connectivity index (χ1) is 6.44. The quantitative estimate of drug-likeness (QED) is 0.513. The lowest BCUT2D eigenvalue weighted by Gasteiger charge is -2.25. The van der Waals surface area contributed by atoms with Crippen LogP contribution in [-0.4, -0.2) is 17.1 Å². The summed E-state index contributed by atoms with van der Waals surface area (Å²) in [6.45, 7) is 12.2. The van der Waals surface area contributed by atoms with E-state index in [4.69, 9.17) is 9.73 Å². The van der Waals surface area contributed by atoms with Crippen LogP contribution in [0.25, 0.3) is 0 Å². The van der Waals surface area contributed by atoms with Gasteiger partial charge in [-0.15, -0.1) is 0 Å². The number of hydroxylamine groups is 2. The van der Waals surface area contributed by atoms with E-state index < -0.39 is 6.03 Å². The first-order valence-corrected chi connectivity index (χ1v) is 4.69. The van der Waals surface area contributed by atoms with Crippen LogP contribution in [0, 0.1) is 0 Å². The van der Waals surface area contributed by atoms with Gasteiger partial charge >= 0.3 is 6.03 Å². The van der Waals surface area contributed by atoms with Crippen LogP contribution in [0.15, 0.2) is 0 Å².